The van der Waals surface area contributed by atoms with Gasteiger partial charge < -0.3 is 0 Å². The van der Waals surface area contributed by atoms with E-state index in [-0.39, 0.29) is 9.92 Å². The predicted octanol–water partition coefficient (Wildman–Crippen LogP) is 2.33. The van der Waals surface area contributed by atoms with Crippen molar-refractivity contribution in [2.45, 2.75) is 12.6 Å². The molecule has 1 fully saturated rings. The smallest absolute Gasteiger partial charge is 0.277 e. The number of benzene rings is 1. The van der Waals surface area contributed by atoms with Gasteiger partial charge in [-0.25, -0.2) is 9.69 Å². The Kier molecular flexibility index (Phi) is 3.43. The Labute approximate surface area is 115 Å². The lowest BCUT2D eigenvalue weighted by atomic mass is 10.1. The van der Waals surface area contributed by atoms with Crippen LogP contribution in [0.25, 0.3) is 0 Å². The molecule has 20 heavy (non-hydrogen) atoms. The SMILES string of the molecule is O=C1CC(=O)N(c2ccc(Cl)cc2C(F)(F)F)C(=O)N1. The summed E-state index contributed by atoms with van der Waals surface area (Å²) < 4.78 is 38.8. The second-order valence-electron chi connectivity index (χ2n) is 3.92. The van der Waals surface area contributed by atoms with Gasteiger partial charge in [-0.15, -0.1) is 0 Å². The van der Waals surface area contributed by atoms with Gasteiger partial charge in [0.1, 0.15) is 6.42 Å². The Morgan fingerprint density at radius 2 is 1.85 bits per heavy atom. The molecule has 106 valence electrons. The van der Waals surface area contributed by atoms with Crippen LogP contribution in [0.3, 0.4) is 0 Å². The van der Waals surface area contributed by atoms with E-state index in [1.54, 1.807) is 5.32 Å². The zero-order valence-electron chi connectivity index (χ0n) is 9.62. The average molecular weight is 307 g/mol. The van der Waals surface area contributed by atoms with E-state index in [9.17, 15) is 27.6 Å². The first-order valence-corrected chi connectivity index (χ1v) is 5.61. The summed E-state index contributed by atoms with van der Waals surface area (Å²) in [6.07, 6.45) is -5.51. The van der Waals surface area contributed by atoms with Crippen molar-refractivity contribution in [2.75, 3.05) is 4.90 Å². The van der Waals surface area contributed by atoms with E-state index in [2.05, 4.69) is 0 Å². The highest BCUT2D eigenvalue weighted by Gasteiger charge is 2.40. The fraction of sp³-hybridized carbons (Fsp3) is 0.182. The van der Waals surface area contributed by atoms with Gasteiger partial charge in [0.2, 0.25) is 11.8 Å². The zero-order chi connectivity index (χ0) is 15.1. The summed E-state index contributed by atoms with van der Waals surface area (Å²) in [5.41, 5.74) is -1.90. The maximum Gasteiger partial charge on any atom is 0.418 e. The number of nitrogens with zero attached hydrogens (tertiary/aromatic N) is 1. The van der Waals surface area contributed by atoms with Gasteiger partial charge in [0.15, 0.2) is 0 Å². The number of carbonyl (C=O) groups excluding carboxylic acids is 3. The lowest BCUT2D eigenvalue weighted by Gasteiger charge is -2.27. The Balaban J connectivity index is 2.55. The van der Waals surface area contributed by atoms with Crippen LogP contribution < -0.4 is 10.2 Å². The summed E-state index contributed by atoms with van der Waals surface area (Å²) in [5.74, 6) is -1.90. The number of barbiturate groups is 1. The summed E-state index contributed by atoms with van der Waals surface area (Å²) >= 11 is 5.50. The molecule has 0 saturated carbocycles. The van der Waals surface area contributed by atoms with Crippen molar-refractivity contribution < 1.29 is 27.6 Å². The average Bonchev–Trinajstić information content (AvgIpc) is 2.28. The molecule has 4 amide bonds. The van der Waals surface area contributed by atoms with Crippen LogP contribution in [0.1, 0.15) is 12.0 Å². The van der Waals surface area contributed by atoms with Crippen molar-refractivity contribution in [2.24, 2.45) is 0 Å². The van der Waals surface area contributed by atoms with Gasteiger partial charge in [-0.05, 0) is 18.2 Å². The third kappa shape index (κ3) is 2.60. The molecular formula is C11H6ClF3N2O3. The summed E-state index contributed by atoms with van der Waals surface area (Å²) in [6, 6.07) is 1.40. The Morgan fingerprint density at radius 3 is 2.40 bits per heavy atom. The number of imide groups is 2. The minimum absolute atomic E-state index is 0.193. The lowest BCUT2D eigenvalue weighted by molar-refractivity contribution is -0.137. The fourth-order valence-electron chi connectivity index (χ4n) is 1.72. The molecule has 9 heteroatoms. The van der Waals surface area contributed by atoms with Gasteiger partial charge in [-0.1, -0.05) is 11.6 Å². The second-order valence-corrected chi connectivity index (χ2v) is 4.35. The predicted molar refractivity (Wildman–Crippen MR) is 62.1 cm³/mol. The molecule has 0 aliphatic carbocycles. The number of rotatable bonds is 1. The van der Waals surface area contributed by atoms with Crippen molar-refractivity contribution in [3.05, 3.63) is 28.8 Å². The van der Waals surface area contributed by atoms with Crippen LogP contribution in [0, 0.1) is 0 Å². The standard InChI is InChI=1S/C11H6ClF3N2O3/c12-5-1-2-7(6(3-5)11(13,14)15)17-9(19)4-8(18)16-10(17)20/h1-3H,4H2,(H,16,18,20). The number of hydrogen-bond donors (Lipinski definition) is 1. The largest absolute Gasteiger partial charge is 0.418 e. The molecule has 1 aromatic carbocycles. The first-order valence-electron chi connectivity index (χ1n) is 5.23. The van der Waals surface area contributed by atoms with Crippen LogP contribution >= 0.6 is 11.6 Å². The highest BCUT2D eigenvalue weighted by Crippen LogP contribution is 2.38. The van der Waals surface area contributed by atoms with Crippen LogP contribution in [-0.4, -0.2) is 17.8 Å². The molecule has 0 spiro atoms. The molecule has 1 heterocycles. The van der Waals surface area contributed by atoms with E-state index in [0.29, 0.717) is 6.07 Å². The van der Waals surface area contributed by atoms with E-state index in [1.165, 1.54) is 0 Å². The number of alkyl halides is 3. The molecule has 5 nitrogen and oxygen atoms in total. The topological polar surface area (TPSA) is 66.5 Å². The highest BCUT2D eigenvalue weighted by molar-refractivity contribution is 6.31. The van der Waals surface area contributed by atoms with Crippen molar-refractivity contribution >= 4 is 35.1 Å². The minimum Gasteiger partial charge on any atom is -0.277 e. The molecule has 0 radical (unpaired) electrons. The van der Waals surface area contributed by atoms with Crippen LogP contribution in [0.2, 0.25) is 5.02 Å². The first-order chi connectivity index (χ1) is 9.20. The van der Waals surface area contributed by atoms with E-state index in [0.717, 1.165) is 12.1 Å². The zero-order valence-corrected chi connectivity index (χ0v) is 10.4. The van der Waals surface area contributed by atoms with Gasteiger partial charge in [-0.2, -0.15) is 13.2 Å². The second kappa shape index (κ2) is 4.78. The molecule has 0 atom stereocenters. The number of hydrogen-bond acceptors (Lipinski definition) is 3. The van der Waals surface area contributed by atoms with Gasteiger partial charge in [0.05, 0.1) is 11.3 Å². The third-order valence-electron chi connectivity index (χ3n) is 2.52. The number of amides is 4. The van der Waals surface area contributed by atoms with Crippen molar-refractivity contribution in [1.82, 2.24) is 5.32 Å². The molecule has 1 N–H and O–H groups in total. The van der Waals surface area contributed by atoms with Gasteiger partial charge in [0, 0.05) is 5.02 Å². The third-order valence-corrected chi connectivity index (χ3v) is 2.75. The summed E-state index contributed by atoms with van der Waals surface area (Å²) in [7, 11) is 0. The Bertz CT molecular complexity index is 595. The summed E-state index contributed by atoms with van der Waals surface area (Å²) in [6.45, 7) is 0. The number of carbonyl (C=O) groups is 3. The molecule has 1 aliphatic rings. The summed E-state index contributed by atoms with van der Waals surface area (Å²) in [4.78, 5) is 34.4. The molecule has 2 rings (SSSR count). The molecule has 0 unspecified atom stereocenters. The maximum absolute atomic E-state index is 12.9. The minimum atomic E-state index is -4.80. The maximum atomic E-state index is 12.9. The van der Waals surface area contributed by atoms with E-state index >= 15 is 0 Å². The van der Waals surface area contributed by atoms with Gasteiger partial charge in [0.25, 0.3) is 0 Å². The quantitative estimate of drug-likeness (QED) is 0.810. The van der Waals surface area contributed by atoms with Crippen LogP contribution in [-0.2, 0) is 15.8 Å². The number of nitrogens with one attached hydrogen (secondary N) is 1. The normalized spacial score (nSPS) is 16.4. The van der Waals surface area contributed by atoms with Crippen LogP contribution in [0.4, 0.5) is 23.7 Å². The number of halogens is 4. The molecule has 1 saturated heterocycles. The first kappa shape index (κ1) is 14.3. The van der Waals surface area contributed by atoms with Gasteiger partial charge in [-0.3, -0.25) is 14.9 Å². The Morgan fingerprint density at radius 1 is 1.20 bits per heavy atom. The highest BCUT2D eigenvalue weighted by atomic mass is 35.5. The van der Waals surface area contributed by atoms with E-state index in [1.807, 2.05) is 0 Å². The molecular weight excluding hydrogens is 301 g/mol. The van der Waals surface area contributed by atoms with Crippen molar-refractivity contribution in [3.8, 4) is 0 Å². The molecule has 0 aromatic heterocycles. The molecule has 0 bridgehead atoms. The lowest BCUT2D eigenvalue weighted by Crippen LogP contribution is -2.53. The van der Waals surface area contributed by atoms with Crippen LogP contribution in [0.15, 0.2) is 18.2 Å². The van der Waals surface area contributed by atoms with Crippen LogP contribution in [0.5, 0.6) is 0 Å². The van der Waals surface area contributed by atoms with E-state index in [4.69, 9.17) is 11.6 Å². The number of anilines is 1. The monoisotopic (exact) mass is 306 g/mol. The van der Waals surface area contributed by atoms with Crippen molar-refractivity contribution in [3.63, 3.8) is 0 Å². The molecule has 1 aromatic rings. The van der Waals surface area contributed by atoms with Crippen molar-refractivity contribution in [1.29, 1.82) is 0 Å². The van der Waals surface area contributed by atoms with E-state index < -0.39 is 41.7 Å². The Hall–Kier alpha value is -2.09. The fourth-order valence-corrected chi connectivity index (χ4v) is 1.90. The number of urea groups is 1. The van der Waals surface area contributed by atoms with Gasteiger partial charge >= 0.3 is 12.2 Å². The summed E-state index contributed by atoms with van der Waals surface area (Å²) in [5, 5.41) is 1.59. The molecule has 1 aliphatic heterocycles.